The van der Waals surface area contributed by atoms with Crippen LogP contribution in [0.5, 0.6) is 0 Å². The molecule has 0 spiro atoms. The van der Waals surface area contributed by atoms with Gasteiger partial charge < -0.3 is 10.8 Å². The van der Waals surface area contributed by atoms with Crippen molar-refractivity contribution in [1.82, 2.24) is 4.98 Å². The summed E-state index contributed by atoms with van der Waals surface area (Å²) in [7, 11) is 0. The number of pyridine rings is 1. The summed E-state index contributed by atoms with van der Waals surface area (Å²) >= 11 is 0. The van der Waals surface area contributed by atoms with Crippen LogP contribution in [-0.4, -0.2) is 16.1 Å². The summed E-state index contributed by atoms with van der Waals surface area (Å²) in [4.78, 5) is 14.3. The minimum Gasteiger partial charge on any atom is -0.478 e. The van der Waals surface area contributed by atoms with Gasteiger partial charge in [0.2, 0.25) is 0 Å². The van der Waals surface area contributed by atoms with Gasteiger partial charge in [0.05, 0.1) is 5.56 Å². The molecule has 0 bridgehead atoms. The van der Waals surface area contributed by atoms with Crippen molar-refractivity contribution >= 4 is 5.97 Å². The number of hydrogen-bond acceptors (Lipinski definition) is 3. The Kier molecular flexibility index (Phi) is 3.31. The first-order valence-electron chi connectivity index (χ1n) is 4.19. The van der Waals surface area contributed by atoms with Gasteiger partial charge >= 0.3 is 5.97 Å². The molecule has 0 radical (unpaired) electrons. The number of aromatic carboxylic acids is 1. The molecular weight excluding hydrogens is 206 g/mol. The zero-order valence-electron chi connectivity index (χ0n) is 8.00. The SMILES string of the molecule is Cc1c(C(F)F)ncc(CN)c1C(=O)O. The van der Waals surface area contributed by atoms with Crippen molar-refractivity contribution in [2.24, 2.45) is 5.73 Å². The Hall–Kier alpha value is -1.56. The molecule has 15 heavy (non-hydrogen) atoms. The highest BCUT2D eigenvalue weighted by Crippen LogP contribution is 2.24. The van der Waals surface area contributed by atoms with Gasteiger partial charge in [-0.15, -0.1) is 0 Å². The quantitative estimate of drug-likeness (QED) is 0.802. The molecular formula is C9H10F2N2O2. The fourth-order valence-electron chi connectivity index (χ4n) is 1.35. The average molecular weight is 216 g/mol. The molecule has 0 saturated carbocycles. The maximum Gasteiger partial charge on any atom is 0.336 e. The number of alkyl halides is 2. The van der Waals surface area contributed by atoms with Crippen molar-refractivity contribution < 1.29 is 18.7 Å². The van der Waals surface area contributed by atoms with E-state index in [1.807, 2.05) is 0 Å². The van der Waals surface area contributed by atoms with Crippen molar-refractivity contribution in [3.8, 4) is 0 Å². The zero-order chi connectivity index (χ0) is 11.6. The number of carboxylic acid groups (broad SMARTS) is 1. The largest absolute Gasteiger partial charge is 0.478 e. The van der Waals surface area contributed by atoms with Crippen molar-refractivity contribution in [1.29, 1.82) is 0 Å². The van der Waals surface area contributed by atoms with Gasteiger partial charge in [-0.1, -0.05) is 0 Å². The number of nitrogens with two attached hydrogens (primary N) is 1. The van der Waals surface area contributed by atoms with Gasteiger partial charge in [0.1, 0.15) is 5.69 Å². The number of carbonyl (C=O) groups is 1. The molecule has 3 N–H and O–H groups in total. The van der Waals surface area contributed by atoms with Crippen LogP contribution in [0.1, 0.15) is 33.6 Å². The first-order chi connectivity index (χ1) is 6.99. The lowest BCUT2D eigenvalue weighted by atomic mass is 10.0. The highest BCUT2D eigenvalue weighted by molar-refractivity contribution is 5.91. The fourth-order valence-corrected chi connectivity index (χ4v) is 1.35. The second-order valence-electron chi connectivity index (χ2n) is 2.98. The molecule has 0 aliphatic carbocycles. The Morgan fingerprint density at radius 3 is 2.67 bits per heavy atom. The summed E-state index contributed by atoms with van der Waals surface area (Å²) in [5.41, 5.74) is 4.83. The molecule has 0 unspecified atom stereocenters. The Bertz CT molecular complexity index is 394. The lowest BCUT2D eigenvalue weighted by Gasteiger charge is -2.10. The number of rotatable bonds is 3. The predicted molar refractivity (Wildman–Crippen MR) is 48.8 cm³/mol. The van der Waals surface area contributed by atoms with E-state index < -0.39 is 18.1 Å². The van der Waals surface area contributed by atoms with Crippen LogP contribution in [0.4, 0.5) is 8.78 Å². The minimum atomic E-state index is -2.78. The van der Waals surface area contributed by atoms with E-state index in [9.17, 15) is 13.6 Å². The van der Waals surface area contributed by atoms with Crippen molar-refractivity contribution in [2.45, 2.75) is 19.9 Å². The normalized spacial score (nSPS) is 10.7. The number of nitrogens with zero attached hydrogens (tertiary/aromatic N) is 1. The van der Waals surface area contributed by atoms with E-state index in [1.165, 1.54) is 6.92 Å². The molecule has 0 aliphatic heterocycles. The average Bonchev–Trinajstić information content (AvgIpc) is 2.15. The number of halogens is 2. The van der Waals surface area contributed by atoms with Crippen molar-refractivity contribution in [2.75, 3.05) is 0 Å². The van der Waals surface area contributed by atoms with Crippen LogP contribution in [0.2, 0.25) is 0 Å². The molecule has 0 atom stereocenters. The molecule has 1 rings (SSSR count). The molecule has 82 valence electrons. The summed E-state index contributed by atoms with van der Waals surface area (Å²) in [5.74, 6) is -1.27. The molecule has 6 heteroatoms. The lowest BCUT2D eigenvalue weighted by Crippen LogP contribution is -2.12. The second kappa shape index (κ2) is 4.31. The third kappa shape index (κ3) is 2.10. The number of carboxylic acids is 1. The molecule has 4 nitrogen and oxygen atoms in total. The first-order valence-corrected chi connectivity index (χ1v) is 4.19. The van der Waals surface area contributed by atoms with Gasteiger partial charge in [-0.05, 0) is 18.1 Å². The number of hydrogen-bond donors (Lipinski definition) is 2. The van der Waals surface area contributed by atoms with Gasteiger partial charge in [-0.2, -0.15) is 0 Å². The topological polar surface area (TPSA) is 76.2 Å². The summed E-state index contributed by atoms with van der Waals surface area (Å²) in [6.45, 7) is 1.26. The molecule has 0 aliphatic rings. The Balaban J connectivity index is 3.42. The van der Waals surface area contributed by atoms with E-state index in [-0.39, 0.29) is 23.2 Å². The Labute approximate surface area is 84.7 Å². The van der Waals surface area contributed by atoms with E-state index >= 15 is 0 Å². The van der Waals surface area contributed by atoms with E-state index in [1.54, 1.807) is 0 Å². The smallest absolute Gasteiger partial charge is 0.336 e. The Morgan fingerprint density at radius 2 is 2.27 bits per heavy atom. The summed E-state index contributed by atoms with van der Waals surface area (Å²) in [6.07, 6.45) is -1.70. The van der Waals surface area contributed by atoms with Crippen LogP contribution < -0.4 is 5.73 Å². The Morgan fingerprint density at radius 1 is 1.67 bits per heavy atom. The van der Waals surface area contributed by atoms with Crippen LogP contribution >= 0.6 is 0 Å². The lowest BCUT2D eigenvalue weighted by molar-refractivity contribution is 0.0694. The molecule has 1 aromatic rings. The van der Waals surface area contributed by atoms with Gasteiger partial charge in [-0.3, -0.25) is 4.98 Å². The predicted octanol–water partition coefficient (Wildman–Crippen LogP) is 1.48. The van der Waals surface area contributed by atoms with Crippen LogP contribution in [0.3, 0.4) is 0 Å². The second-order valence-corrected chi connectivity index (χ2v) is 2.98. The van der Waals surface area contributed by atoms with Crippen molar-refractivity contribution in [3.63, 3.8) is 0 Å². The minimum absolute atomic E-state index is 0.0274. The third-order valence-corrected chi connectivity index (χ3v) is 2.08. The van der Waals surface area contributed by atoms with Crippen LogP contribution in [0, 0.1) is 6.92 Å². The maximum absolute atomic E-state index is 12.4. The van der Waals surface area contributed by atoms with E-state index in [4.69, 9.17) is 10.8 Å². The molecule has 0 amide bonds. The number of aromatic nitrogens is 1. The third-order valence-electron chi connectivity index (χ3n) is 2.08. The van der Waals surface area contributed by atoms with E-state index in [0.717, 1.165) is 6.20 Å². The monoisotopic (exact) mass is 216 g/mol. The highest BCUT2D eigenvalue weighted by Gasteiger charge is 2.21. The van der Waals surface area contributed by atoms with E-state index in [0.29, 0.717) is 0 Å². The first kappa shape index (κ1) is 11.5. The maximum atomic E-state index is 12.4. The summed E-state index contributed by atoms with van der Waals surface area (Å²) < 4.78 is 24.8. The van der Waals surface area contributed by atoms with Gasteiger partial charge in [0, 0.05) is 12.7 Å². The fraction of sp³-hybridized carbons (Fsp3) is 0.333. The van der Waals surface area contributed by atoms with Gasteiger partial charge in [0.15, 0.2) is 0 Å². The van der Waals surface area contributed by atoms with Gasteiger partial charge in [-0.25, -0.2) is 13.6 Å². The molecule has 0 aromatic carbocycles. The zero-order valence-corrected chi connectivity index (χ0v) is 8.00. The van der Waals surface area contributed by atoms with Gasteiger partial charge in [0.25, 0.3) is 6.43 Å². The van der Waals surface area contributed by atoms with Crippen LogP contribution in [0.25, 0.3) is 0 Å². The molecule has 1 aromatic heterocycles. The molecule has 1 heterocycles. The summed E-state index contributed by atoms with van der Waals surface area (Å²) in [5, 5.41) is 8.86. The highest BCUT2D eigenvalue weighted by atomic mass is 19.3. The molecule has 0 saturated heterocycles. The van der Waals surface area contributed by atoms with Crippen LogP contribution in [-0.2, 0) is 6.54 Å². The standard InChI is InChI=1S/C9H10F2N2O2/c1-4-6(9(14)15)5(2-12)3-13-7(4)8(10)11/h3,8H,2,12H2,1H3,(H,14,15). The van der Waals surface area contributed by atoms with Crippen LogP contribution in [0.15, 0.2) is 6.20 Å². The van der Waals surface area contributed by atoms with E-state index in [2.05, 4.69) is 4.98 Å². The molecule has 0 fully saturated rings. The van der Waals surface area contributed by atoms with Crippen molar-refractivity contribution in [3.05, 3.63) is 28.6 Å². The summed E-state index contributed by atoms with van der Waals surface area (Å²) in [6, 6.07) is 0.